The Bertz CT molecular complexity index is 943. The number of ether oxygens (including phenoxy) is 1. The van der Waals surface area contributed by atoms with Gasteiger partial charge in [0.15, 0.2) is 0 Å². The summed E-state index contributed by atoms with van der Waals surface area (Å²) in [5, 5.41) is 6.00. The second kappa shape index (κ2) is 9.48. The molecule has 0 radical (unpaired) electrons. The molecule has 0 aliphatic carbocycles. The van der Waals surface area contributed by atoms with Crippen molar-refractivity contribution < 1.29 is 4.74 Å². The van der Waals surface area contributed by atoms with Gasteiger partial charge in [0.2, 0.25) is 0 Å². The molecule has 3 aromatic carbocycles. The molecule has 1 aliphatic heterocycles. The molecule has 0 spiro atoms. The third-order valence-corrected chi connectivity index (χ3v) is 7.59. The quantitative estimate of drug-likeness (QED) is 0.255. The van der Waals surface area contributed by atoms with E-state index in [1.807, 2.05) is 11.8 Å². The molecule has 28 heavy (non-hydrogen) atoms. The van der Waals surface area contributed by atoms with Crippen molar-refractivity contribution in [2.75, 3.05) is 20.2 Å². The lowest BCUT2D eigenvalue weighted by molar-refractivity contribution is 0.396. The summed E-state index contributed by atoms with van der Waals surface area (Å²) >= 11 is 4.39. The molecule has 3 nitrogen and oxygen atoms in total. The summed E-state index contributed by atoms with van der Waals surface area (Å²) in [6.07, 6.45) is 1.23. The van der Waals surface area contributed by atoms with Crippen LogP contribution in [0.25, 0.3) is 10.8 Å². The number of methoxy groups -OCH3 is 1. The minimum Gasteiger partial charge on any atom is -0.496 e. The van der Waals surface area contributed by atoms with E-state index in [1.54, 1.807) is 7.11 Å². The van der Waals surface area contributed by atoms with E-state index >= 15 is 0 Å². The summed E-state index contributed by atoms with van der Waals surface area (Å²) in [4.78, 5) is 1.35. The largest absolute Gasteiger partial charge is 0.496 e. The Balaban J connectivity index is 1.55. The topological polar surface area (TPSA) is 24.5 Å². The van der Waals surface area contributed by atoms with Crippen molar-refractivity contribution in [3.05, 3.63) is 71.8 Å². The molecule has 1 saturated heterocycles. The summed E-state index contributed by atoms with van der Waals surface area (Å²) in [7, 11) is 1.76. The van der Waals surface area contributed by atoms with Crippen molar-refractivity contribution >= 4 is 45.4 Å². The summed E-state index contributed by atoms with van der Waals surface area (Å²) in [6, 6.07) is 22.2. The number of nitrogens with zero attached hydrogens (tertiary/aromatic N) is 1. The van der Waals surface area contributed by atoms with Crippen molar-refractivity contribution in [3.63, 3.8) is 0 Å². The highest BCUT2D eigenvalue weighted by atomic mass is 127. The maximum absolute atomic E-state index is 5.67. The molecule has 0 amide bonds. The molecule has 1 fully saturated rings. The lowest BCUT2D eigenvalue weighted by Crippen LogP contribution is -2.28. The van der Waals surface area contributed by atoms with Gasteiger partial charge in [0.25, 0.3) is 0 Å². The highest BCUT2D eigenvalue weighted by molar-refractivity contribution is 14.1. The zero-order valence-electron chi connectivity index (χ0n) is 16.0. The first kappa shape index (κ1) is 20.0. The Labute approximate surface area is 185 Å². The van der Waals surface area contributed by atoms with Crippen LogP contribution >= 0.6 is 34.6 Å². The molecule has 1 N–H and O–H groups in total. The van der Waals surface area contributed by atoms with Gasteiger partial charge in [-0.1, -0.05) is 48.5 Å². The second-order valence-corrected chi connectivity index (χ2v) is 9.32. The zero-order chi connectivity index (χ0) is 19.3. The Morgan fingerprint density at radius 3 is 2.75 bits per heavy atom. The molecule has 5 heteroatoms. The first-order chi connectivity index (χ1) is 13.8. The molecule has 1 unspecified atom stereocenters. The number of halogens is 1. The fourth-order valence-electron chi connectivity index (χ4n) is 3.75. The van der Waals surface area contributed by atoms with Crippen LogP contribution in [0.1, 0.15) is 17.5 Å². The van der Waals surface area contributed by atoms with Gasteiger partial charge >= 0.3 is 0 Å². The Kier molecular flexibility index (Phi) is 6.77. The van der Waals surface area contributed by atoms with Crippen molar-refractivity contribution in [3.8, 4) is 5.75 Å². The SMILES string of the molecule is COc1ccc2ccccc2c1CSc1ccccc1CN(I)C1CCNC1. The van der Waals surface area contributed by atoms with Gasteiger partial charge in [0.05, 0.1) is 7.11 Å². The third-order valence-electron chi connectivity index (χ3n) is 5.31. The predicted octanol–water partition coefficient (Wildman–Crippen LogP) is 5.65. The van der Waals surface area contributed by atoms with Gasteiger partial charge < -0.3 is 10.1 Å². The molecule has 0 saturated carbocycles. The summed E-state index contributed by atoms with van der Waals surface area (Å²) in [6.45, 7) is 3.19. The Morgan fingerprint density at radius 2 is 1.93 bits per heavy atom. The lowest BCUT2D eigenvalue weighted by atomic mass is 10.0. The first-order valence-corrected chi connectivity index (χ1v) is 11.6. The summed E-state index contributed by atoms with van der Waals surface area (Å²) in [5.41, 5.74) is 2.67. The van der Waals surface area contributed by atoms with Gasteiger partial charge in [-0.05, 0) is 41.4 Å². The average molecular weight is 504 g/mol. The smallest absolute Gasteiger partial charge is 0.123 e. The number of benzene rings is 3. The molecule has 0 bridgehead atoms. The standard InChI is InChI=1S/C23H25IN2OS/c1-27-22-11-10-17-6-2-4-8-20(17)21(22)16-28-23-9-5-3-7-18(23)15-26(24)19-12-13-25-14-19/h2-11,19,25H,12-16H2,1H3. The van der Waals surface area contributed by atoms with Crippen LogP contribution in [0.15, 0.2) is 65.6 Å². The number of hydrogen-bond acceptors (Lipinski definition) is 4. The predicted molar refractivity (Wildman–Crippen MR) is 127 cm³/mol. The lowest BCUT2D eigenvalue weighted by Gasteiger charge is -2.22. The molecule has 1 atom stereocenters. The third kappa shape index (κ3) is 4.48. The van der Waals surface area contributed by atoms with Crippen LogP contribution in [-0.4, -0.2) is 29.4 Å². The van der Waals surface area contributed by atoms with E-state index < -0.39 is 0 Å². The van der Waals surface area contributed by atoms with Crippen molar-refractivity contribution in [2.45, 2.75) is 29.7 Å². The van der Waals surface area contributed by atoms with E-state index in [1.165, 1.54) is 33.2 Å². The van der Waals surface area contributed by atoms with Crippen LogP contribution in [-0.2, 0) is 12.3 Å². The number of fused-ring (bicyclic) bond motifs is 1. The van der Waals surface area contributed by atoms with E-state index in [-0.39, 0.29) is 0 Å². The first-order valence-electron chi connectivity index (χ1n) is 9.64. The average Bonchev–Trinajstić information content (AvgIpc) is 3.28. The molecule has 1 aliphatic rings. The molecular formula is C23H25IN2OS. The van der Waals surface area contributed by atoms with E-state index in [0.717, 1.165) is 31.1 Å². The van der Waals surface area contributed by atoms with Crippen LogP contribution < -0.4 is 10.1 Å². The Morgan fingerprint density at radius 1 is 1.11 bits per heavy atom. The number of thioether (sulfide) groups is 1. The number of hydrogen-bond donors (Lipinski definition) is 1. The highest BCUT2D eigenvalue weighted by Crippen LogP contribution is 2.35. The van der Waals surface area contributed by atoms with Crippen molar-refractivity contribution in [1.82, 2.24) is 8.43 Å². The second-order valence-electron chi connectivity index (χ2n) is 7.07. The van der Waals surface area contributed by atoms with Crippen LogP contribution in [0.3, 0.4) is 0 Å². The van der Waals surface area contributed by atoms with Gasteiger partial charge in [-0.25, -0.2) is 3.11 Å². The maximum Gasteiger partial charge on any atom is 0.123 e. The van der Waals surface area contributed by atoms with E-state index in [2.05, 4.69) is 92.0 Å². The summed E-state index contributed by atoms with van der Waals surface area (Å²) in [5.74, 6) is 1.87. The highest BCUT2D eigenvalue weighted by Gasteiger charge is 2.21. The minimum absolute atomic E-state index is 0.622. The maximum atomic E-state index is 5.67. The molecule has 4 rings (SSSR count). The van der Waals surface area contributed by atoms with E-state index in [4.69, 9.17) is 4.74 Å². The number of nitrogens with one attached hydrogen (secondary N) is 1. The van der Waals surface area contributed by atoms with Crippen LogP contribution in [0.5, 0.6) is 5.75 Å². The molecule has 0 aromatic heterocycles. The molecule has 1 heterocycles. The van der Waals surface area contributed by atoms with E-state index in [0.29, 0.717) is 6.04 Å². The summed E-state index contributed by atoms with van der Waals surface area (Å²) < 4.78 is 8.13. The van der Waals surface area contributed by atoms with Crippen molar-refractivity contribution in [2.24, 2.45) is 0 Å². The van der Waals surface area contributed by atoms with Crippen LogP contribution in [0.4, 0.5) is 0 Å². The van der Waals surface area contributed by atoms with Crippen molar-refractivity contribution in [1.29, 1.82) is 0 Å². The molecule has 3 aromatic rings. The normalized spacial score (nSPS) is 16.8. The molecule has 146 valence electrons. The van der Waals surface area contributed by atoms with Gasteiger partial charge in [0, 0.05) is 58.2 Å². The van der Waals surface area contributed by atoms with Gasteiger partial charge in [-0.2, -0.15) is 0 Å². The minimum atomic E-state index is 0.622. The zero-order valence-corrected chi connectivity index (χ0v) is 19.0. The monoisotopic (exact) mass is 504 g/mol. The van der Waals surface area contributed by atoms with Crippen LogP contribution in [0.2, 0.25) is 0 Å². The fourth-order valence-corrected chi connectivity index (χ4v) is 5.69. The van der Waals surface area contributed by atoms with Crippen LogP contribution in [0, 0.1) is 0 Å². The van der Waals surface area contributed by atoms with Gasteiger partial charge in [0.1, 0.15) is 5.75 Å². The Hall–Kier alpha value is -1.28. The number of rotatable bonds is 7. The van der Waals surface area contributed by atoms with Gasteiger partial charge in [-0.3, -0.25) is 0 Å². The fraction of sp³-hybridized carbons (Fsp3) is 0.304. The molecular weight excluding hydrogens is 479 g/mol. The van der Waals surface area contributed by atoms with Gasteiger partial charge in [-0.15, -0.1) is 11.8 Å². The van der Waals surface area contributed by atoms with E-state index in [9.17, 15) is 0 Å².